The number of carbonyl (C=O) groups excluding carboxylic acids is 6. The van der Waals surface area contributed by atoms with Gasteiger partial charge in [0.2, 0.25) is 11.8 Å². The van der Waals surface area contributed by atoms with Crippen LogP contribution in [0.15, 0.2) is 164 Å². The van der Waals surface area contributed by atoms with E-state index in [4.69, 9.17) is 14.2 Å². The fourth-order valence-corrected chi connectivity index (χ4v) is 10.6. The Bertz CT molecular complexity index is 3080. The summed E-state index contributed by atoms with van der Waals surface area (Å²) in [6.45, 7) is 1.44. The van der Waals surface area contributed by atoms with Crippen LogP contribution in [0, 0.1) is 23.7 Å². The number of urea groups is 1. The quantitative estimate of drug-likeness (QED) is 0.0421. The van der Waals surface area contributed by atoms with Gasteiger partial charge in [0.25, 0.3) is 0 Å². The second kappa shape index (κ2) is 21.0. The third kappa shape index (κ3) is 9.18. The molecule has 8 atom stereocenters. The van der Waals surface area contributed by atoms with Crippen molar-refractivity contribution < 1.29 is 53.2 Å². The summed E-state index contributed by atoms with van der Waals surface area (Å²) in [5, 5.41) is 28.2. The first-order chi connectivity index (χ1) is 35.4. The van der Waals surface area contributed by atoms with Crippen LogP contribution < -0.4 is 15.5 Å². The van der Waals surface area contributed by atoms with Crippen LogP contribution in [0.4, 0.5) is 10.5 Å². The van der Waals surface area contributed by atoms with Crippen molar-refractivity contribution in [1.82, 2.24) is 15.5 Å². The van der Waals surface area contributed by atoms with Crippen LogP contribution in [0.25, 0.3) is 0 Å². The lowest BCUT2D eigenvalue weighted by atomic mass is 9.65. The summed E-state index contributed by atoms with van der Waals surface area (Å²) in [6.07, 6.45) is -2.51. The highest BCUT2D eigenvalue weighted by atomic mass is 16.6. The standard InChI is InChI=1S/C58H52N4O11/c1-35(37-18-8-4-9-19-37)60-57(70)61-45-32-27-36(17-16-26-43(53(66)71-2)54(67)72-3)33-44(45)58(56(61)69)47(52(65)59-34-46(64)38-20-10-5-11-21-38)49-55(68)73-50(40-24-14-7-15-25-40)48(39-22-12-6-13-23-39)62(49)51(58)41-28-30-42(63)31-29-41/h4-15,18-25,27-33,35,43,46-51,63-64H,26,34H2,1-3H3,(H,59,65)(H,60,70)/t35-,46+,47-,48-,49-,50+,51+,58-/m1/s1. The topological polar surface area (TPSA) is 201 Å². The molecule has 0 saturated carbocycles. The summed E-state index contributed by atoms with van der Waals surface area (Å²) >= 11 is 0. The number of morpholine rings is 1. The zero-order chi connectivity index (χ0) is 51.4. The highest BCUT2D eigenvalue weighted by Gasteiger charge is 2.75. The maximum Gasteiger partial charge on any atom is 0.329 e. The monoisotopic (exact) mass is 980 g/mol. The molecule has 9 rings (SSSR count). The van der Waals surface area contributed by atoms with Gasteiger partial charge in [-0.3, -0.25) is 28.9 Å². The number of phenolic OH excluding ortho intramolecular Hbond substituents is 1. The van der Waals surface area contributed by atoms with Crippen molar-refractivity contribution in [1.29, 1.82) is 0 Å². The third-order valence-electron chi connectivity index (χ3n) is 14.0. The number of amides is 4. The smallest absolute Gasteiger partial charge is 0.329 e. The molecule has 3 aliphatic rings. The summed E-state index contributed by atoms with van der Waals surface area (Å²) in [5.41, 5.74) is 1.26. The number of anilines is 1. The Labute approximate surface area is 421 Å². The molecule has 3 aliphatic heterocycles. The number of aromatic hydroxyl groups is 1. The molecule has 370 valence electrons. The number of rotatable bonds is 12. The first kappa shape index (κ1) is 49.4. The van der Waals surface area contributed by atoms with E-state index in [1.54, 1.807) is 61.5 Å². The Morgan fingerprint density at radius 1 is 0.726 bits per heavy atom. The predicted octanol–water partition coefficient (Wildman–Crippen LogP) is 7.08. The zero-order valence-electron chi connectivity index (χ0n) is 40.1. The molecule has 15 heteroatoms. The molecule has 73 heavy (non-hydrogen) atoms. The molecule has 4 amide bonds. The predicted molar refractivity (Wildman–Crippen MR) is 267 cm³/mol. The molecule has 2 saturated heterocycles. The molecule has 0 aromatic heterocycles. The normalized spacial score (nSPS) is 21.7. The van der Waals surface area contributed by atoms with Crippen molar-refractivity contribution in [3.05, 3.63) is 203 Å². The molecule has 6 aromatic rings. The molecular formula is C58H52N4O11. The number of aliphatic hydroxyl groups excluding tert-OH is 1. The minimum absolute atomic E-state index is 0.0882. The fraction of sp³-hybridized carbons (Fsp3) is 0.241. The van der Waals surface area contributed by atoms with Gasteiger partial charge in [-0.1, -0.05) is 145 Å². The minimum Gasteiger partial charge on any atom is -0.508 e. The van der Waals surface area contributed by atoms with E-state index in [0.29, 0.717) is 22.3 Å². The molecule has 3 heterocycles. The minimum atomic E-state index is -2.19. The summed E-state index contributed by atoms with van der Waals surface area (Å²) < 4.78 is 16.2. The number of ether oxygens (including phenoxy) is 3. The van der Waals surface area contributed by atoms with E-state index < -0.39 is 89.4 Å². The number of benzene rings is 6. The molecule has 4 N–H and O–H groups in total. The number of fused-ring (bicyclic) bond motifs is 3. The maximum atomic E-state index is 16.6. The van der Waals surface area contributed by atoms with E-state index in [2.05, 4.69) is 22.5 Å². The van der Waals surface area contributed by atoms with Crippen LogP contribution in [0.5, 0.6) is 5.75 Å². The molecule has 0 bridgehead atoms. The fourth-order valence-electron chi connectivity index (χ4n) is 10.6. The van der Waals surface area contributed by atoms with E-state index >= 15 is 19.2 Å². The van der Waals surface area contributed by atoms with Gasteiger partial charge >= 0.3 is 23.9 Å². The van der Waals surface area contributed by atoms with Gasteiger partial charge < -0.3 is 35.1 Å². The van der Waals surface area contributed by atoms with Gasteiger partial charge in [0.05, 0.1) is 50.1 Å². The van der Waals surface area contributed by atoms with Gasteiger partial charge in [-0.2, -0.15) is 0 Å². The summed E-state index contributed by atoms with van der Waals surface area (Å²) in [7, 11) is 2.28. The summed E-state index contributed by atoms with van der Waals surface area (Å²) in [4.78, 5) is 91.1. The van der Waals surface area contributed by atoms with Crippen molar-refractivity contribution >= 4 is 41.4 Å². The van der Waals surface area contributed by atoms with Crippen LogP contribution >= 0.6 is 0 Å². The number of cyclic esters (lactones) is 1. The van der Waals surface area contributed by atoms with Gasteiger partial charge in [0.1, 0.15) is 23.3 Å². The first-order valence-electron chi connectivity index (χ1n) is 23.8. The number of phenols is 1. The van der Waals surface area contributed by atoms with Gasteiger partial charge in [-0.25, -0.2) is 9.69 Å². The second-order valence-corrected chi connectivity index (χ2v) is 18.1. The van der Waals surface area contributed by atoms with Gasteiger partial charge in [-0.15, -0.1) is 0 Å². The van der Waals surface area contributed by atoms with Crippen molar-refractivity contribution in [2.75, 3.05) is 25.7 Å². The van der Waals surface area contributed by atoms with Crippen molar-refractivity contribution in [2.45, 2.75) is 55.1 Å². The Hall–Kier alpha value is -8.58. The molecule has 0 aliphatic carbocycles. The number of imide groups is 1. The van der Waals surface area contributed by atoms with Crippen LogP contribution in [0.1, 0.15) is 82.6 Å². The Balaban J connectivity index is 1.31. The zero-order valence-corrected chi connectivity index (χ0v) is 40.1. The highest BCUT2D eigenvalue weighted by molar-refractivity contribution is 6.24. The molecule has 0 radical (unpaired) electrons. The van der Waals surface area contributed by atoms with Crippen LogP contribution in [-0.4, -0.2) is 77.7 Å². The lowest BCUT2D eigenvalue weighted by molar-refractivity contribution is -0.178. The number of hydrogen-bond donors (Lipinski definition) is 4. The first-order valence-corrected chi connectivity index (χ1v) is 23.8. The number of methoxy groups -OCH3 is 2. The molecule has 0 unspecified atom stereocenters. The largest absolute Gasteiger partial charge is 0.508 e. The van der Waals surface area contributed by atoms with Crippen LogP contribution in [0.3, 0.4) is 0 Å². The van der Waals surface area contributed by atoms with E-state index in [1.165, 1.54) is 18.2 Å². The summed E-state index contributed by atoms with van der Waals surface area (Å²) in [5.74, 6) is -1.46. The molecule has 2 fully saturated rings. The molecule has 15 nitrogen and oxygen atoms in total. The Morgan fingerprint density at radius 3 is 1.90 bits per heavy atom. The molecular weight excluding hydrogens is 929 g/mol. The van der Waals surface area contributed by atoms with E-state index in [-0.39, 0.29) is 35.5 Å². The van der Waals surface area contributed by atoms with E-state index in [9.17, 15) is 19.8 Å². The van der Waals surface area contributed by atoms with Gasteiger partial charge in [0.15, 0.2) is 5.92 Å². The van der Waals surface area contributed by atoms with Crippen molar-refractivity contribution in [2.24, 2.45) is 11.8 Å². The maximum absolute atomic E-state index is 16.6. The highest BCUT2D eigenvalue weighted by Crippen LogP contribution is 2.66. The molecule has 1 spiro atoms. The average Bonchev–Trinajstić information content (AvgIpc) is 3.88. The number of esters is 3. The number of carbonyl (C=O) groups is 6. The number of nitrogens with one attached hydrogen (secondary N) is 2. The van der Waals surface area contributed by atoms with Crippen LogP contribution in [0.2, 0.25) is 0 Å². The number of nitrogens with zero attached hydrogens (tertiary/aromatic N) is 2. The SMILES string of the molecule is COC(=O)C(CC#Cc1ccc2c(c1)[C@]1(C(=O)N2C(=O)N[C@H](C)c2ccccc2)[C@H](c2ccc(O)cc2)N2[C@H](c3ccccc3)[C@H](c3ccccc3)OC(=O)[C@H]2[C@@H]1C(=O)NC[C@H](O)c1ccccc1)C(=O)OC. The number of aliphatic hydroxyl groups is 1. The third-order valence-corrected chi connectivity index (χ3v) is 14.0. The van der Waals surface area contributed by atoms with Crippen LogP contribution in [-0.2, 0) is 43.6 Å². The lowest BCUT2D eigenvalue weighted by Crippen LogP contribution is -2.56. The van der Waals surface area contributed by atoms with Gasteiger partial charge in [0, 0.05) is 18.5 Å². The van der Waals surface area contributed by atoms with E-state index in [1.807, 2.05) is 95.9 Å². The Kier molecular flexibility index (Phi) is 14.2. The van der Waals surface area contributed by atoms with Crippen molar-refractivity contribution in [3.63, 3.8) is 0 Å². The molecule has 6 aromatic carbocycles. The van der Waals surface area contributed by atoms with Crippen molar-refractivity contribution in [3.8, 4) is 17.6 Å². The van der Waals surface area contributed by atoms with Gasteiger partial charge in [-0.05, 0) is 70.6 Å². The summed E-state index contributed by atoms with van der Waals surface area (Å²) in [6, 6.07) is 41.9. The average molecular weight is 981 g/mol. The number of hydrogen-bond acceptors (Lipinski definition) is 12. The lowest BCUT2D eigenvalue weighted by Gasteiger charge is -2.46. The second-order valence-electron chi connectivity index (χ2n) is 18.1. The van der Waals surface area contributed by atoms with E-state index in [0.717, 1.165) is 24.7 Å². The Morgan fingerprint density at radius 2 is 1.30 bits per heavy atom.